The van der Waals surface area contributed by atoms with Crippen molar-refractivity contribution in [3.8, 4) is 0 Å². The molecule has 0 fully saturated rings. The number of fused-ring (bicyclic) bond motifs is 1. The van der Waals surface area contributed by atoms with E-state index in [1.807, 2.05) is 22.8 Å². The number of aliphatic hydroxyl groups excluding tert-OH is 1. The molecule has 0 radical (unpaired) electrons. The molecule has 0 aliphatic heterocycles. The molecule has 0 spiro atoms. The lowest BCUT2D eigenvalue weighted by Crippen LogP contribution is -2.13. The van der Waals surface area contributed by atoms with Crippen molar-refractivity contribution < 1.29 is 9.90 Å². The molecule has 4 aromatic rings. The first-order chi connectivity index (χ1) is 13.2. The van der Waals surface area contributed by atoms with E-state index in [0.29, 0.717) is 34.5 Å². The van der Waals surface area contributed by atoms with Crippen molar-refractivity contribution in [2.24, 2.45) is 0 Å². The van der Waals surface area contributed by atoms with Crippen molar-refractivity contribution in [1.82, 2.24) is 19.5 Å². The quantitative estimate of drug-likeness (QED) is 0.571. The molecule has 3 heterocycles. The number of hydrogen-bond acceptors (Lipinski definition) is 5. The molecular formula is C20H17N5O2. The molecule has 134 valence electrons. The number of pyridine rings is 2. The monoisotopic (exact) mass is 359 g/mol. The van der Waals surface area contributed by atoms with Crippen LogP contribution in [0.25, 0.3) is 11.2 Å². The van der Waals surface area contributed by atoms with Crippen LogP contribution in [-0.4, -0.2) is 30.5 Å². The number of carbonyl (C=O) groups is 1. The lowest BCUT2D eigenvalue weighted by Gasteiger charge is -2.09. The first-order valence-corrected chi connectivity index (χ1v) is 8.44. The summed E-state index contributed by atoms with van der Waals surface area (Å²) in [4.78, 5) is 25.4. The van der Waals surface area contributed by atoms with E-state index in [-0.39, 0.29) is 12.5 Å². The minimum atomic E-state index is -0.299. The topological polar surface area (TPSA) is 92.9 Å². The Bertz CT molecular complexity index is 1090. The number of aromatic nitrogens is 4. The van der Waals surface area contributed by atoms with Crippen LogP contribution in [0.1, 0.15) is 21.5 Å². The number of amides is 1. The fourth-order valence-corrected chi connectivity index (χ4v) is 2.85. The summed E-state index contributed by atoms with van der Waals surface area (Å²) >= 11 is 0. The molecule has 1 aromatic carbocycles. The van der Waals surface area contributed by atoms with Crippen molar-refractivity contribution in [3.05, 3.63) is 84.1 Å². The summed E-state index contributed by atoms with van der Waals surface area (Å²) in [7, 11) is 0. The molecule has 0 bridgehead atoms. The van der Waals surface area contributed by atoms with Crippen LogP contribution in [-0.2, 0) is 13.2 Å². The number of hydrogen-bond donors (Lipinski definition) is 2. The first-order valence-electron chi connectivity index (χ1n) is 8.44. The summed E-state index contributed by atoms with van der Waals surface area (Å²) < 4.78 is 1.91. The van der Waals surface area contributed by atoms with Crippen LogP contribution in [0.2, 0.25) is 0 Å². The average molecular weight is 359 g/mol. The standard InChI is InChI=1S/C20H17N5O2/c26-12-15-5-1-2-6-17(15)24-20(27)16-8-18-19(22-10-16)25(13-23-18)11-14-4-3-7-21-9-14/h1-10,13,26H,11-12H2,(H,24,27). The number of rotatable bonds is 5. The van der Waals surface area contributed by atoms with Crippen LogP contribution in [0, 0.1) is 0 Å². The Balaban J connectivity index is 1.58. The number of carbonyl (C=O) groups excluding carboxylic acids is 1. The molecular weight excluding hydrogens is 342 g/mol. The van der Waals surface area contributed by atoms with Gasteiger partial charge in [-0.25, -0.2) is 9.97 Å². The Morgan fingerprint density at radius 1 is 1.11 bits per heavy atom. The van der Waals surface area contributed by atoms with E-state index < -0.39 is 0 Å². The van der Waals surface area contributed by atoms with Gasteiger partial charge in [0.25, 0.3) is 5.91 Å². The molecule has 0 aliphatic rings. The fraction of sp³-hybridized carbons (Fsp3) is 0.100. The highest BCUT2D eigenvalue weighted by Gasteiger charge is 2.12. The number of anilines is 1. The highest BCUT2D eigenvalue weighted by atomic mass is 16.3. The molecule has 0 aliphatic carbocycles. The summed E-state index contributed by atoms with van der Waals surface area (Å²) in [6, 6.07) is 12.7. The zero-order valence-electron chi connectivity index (χ0n) is 14.4. The van der Waals surface area contributed by atoms with E-state index in [9.17, 15) is 9.90 Å². The number of para-hydroxylation sites is 1. The number of nitrogens with one attached hydrogen (secondary N) is 1. The SMILES string of the molecule is O=C(Nc1ccccc1CO)c1cnc2c(c1)ncn2Cc1cccnc1. The predicted molar refractivity (Wildman–Crippen MR) is 101 cm³/mol. The van der Waals surface area contributed by atoms with Gasteiger partial charge in [-0.05, 0) is 23.8 Å². The predicted octanol–water partition coefficient (Wildman–Crippen LogP) is 2.62. The van der Waals surface area contributed by atoms with Crippen molar-refractivity contribution in [3.63, 3.8) is 0 Å². The third kappa shape index (κ3) is 3.54. The van der Waals surface area contributed by atoms with E-state index in [1.165, 1.54) is 6.20 Å². The second kappa shape index (κ2) is 7.35. The van der Waals surface area contributed by atoms with Gasteiger partial charge in [0.15, 0.2) is 5.65 Å². The van der Waals surface area contributed by atoms with E-state index in [4.69, 9.17) is 0 Å². The van der Waals surface area contributed by atoms with Gasteiger partial charge in [0.2, 0.25) is 0 Å². The molecule has 0 atom stereocenters. The van der Waals surface area contributed by atoms with Gasteiger partial charge in [-0.1, -0.05) is 24.3 Å². The van der Waals surface area contributed by atoms with Gasteiger partial charge in [-0.3, -0.25) is 9.78 Å². The van der Waals surface area contributed by atoms with E-state index in [0.717, 1.165) is 5.56 Å². The van der Waals surface area contributed by atoms with Crippen LogP contribution in [0.5, 0.6) is 0 Å². The van der Waals surface area contributed by atoms with Crippen LogP contribution >= 0.6 is 0 Å². The summed E-state index contributed by atoms with van der Waals surface area (Å²) in [5.74, 6) is -0.299. The second-order valence-electron chi connectivity index (χ2n) is 6.07. The third-order valence-electron chi connectivity index (χ3n) is 4.23. The summed E-state index contributed by atoms with van der Waals surface area (Å²) in [6.45, 7) is 0.458. The normalized spacial score (nSPS) is 10.9. The van der Waals surface area contributed by atoms with Crippen molar-refractivity contribution in [2.45, 2.75) is 13.2 Å². The molecule has 0 saturated carbocycles. The lowest BCUT2D eigenvalue weighted by atomic mass is 10.1. The number of benzene rings is 1. The highest BCUT2D eigenvalue weighted by Crippen LogP contribution is 2.18. The average Bonchev–Trinajstić information content (AvgIpc) is 3.11. The van der Waals surface area contributed by atoms with Crippen molar-refractivity contribution >= 4 is 22.8 Å². The lowest BCUT2D eigenvalue weighted by molar-refractivity contribution is 0.102. The zero-order valence-corrected chi connectivity index (χ0v) is 14.4. The highest BCUT2D eigenvalue weighted by molar-refractivity contribution is 6.05. The Morgan fingerprint density at radius 2 is 2.00 bits per heavy atom. The molecule has 0 unspecified atom stereocenters. The maximum absolute atomic E-state index is 12.5. The molecule has 7 nitrogen and oxygen atoms in total. The zero-order chi connectivity index (χ0) is 18.6. The van der Waals surface area contributed by atoms with Gasteiger partial charge >= 0.3 is 0 Å². The molecule has 3 aromatic heterocycles. The van der Waals surface area contributed by atoms with Gasteiger partial charge in [-0.15, -0.1) is 0 Å². The number of imidazole rings is 1. The first kappa shape index (κ1) is 16.9. The smallest absolute Gasteiger partial charge is 0.257 e. The minimum Gasteiger partial charge on any atom is -0.392 e. The van der Waals surface area contributed by atoms with Gasteiger partial charge in [0.05, 0.1) is 25.0 Å². The van der Waals surface area contributed by atoms with E-state index >= 15 is 0 Å². The summed E-state index contributed by atoms with van der Waals surface area (Å²) in [6.07, 6.45) is 6.76. The fourth-order valence-electron chi connectivity index (χ4n) is 2.85. The molecule has 2 N–H and O–H groups in total. The summed E-state index contributed by atoms with van der Waals surface area (Å²) in [5, 5.41) is 12.2. The van der Waals surface area contributed by atoms with Crippen LogP contribution in [0.3, 0.4) is 0 Å². The van der Waals surface area contributed by atoms with Gasteiger partial charge < -0.3 is 15.0 Å². The number of aliphatic hydroxyl groups is 1. The van der Waals surface area contributed by atoms with Gasteiger partial charge in [-0.2, -0.15) is 0 Å². The van der Waals surface area contributed by atoms with Crippen LogP contribution in [0.4, 0.5) is 5.69 Å². The Labute approximate surface area is 155 Å². The molecule has 7 heteroatoms. The maximum Gasteiger partial charge on any atom is 0.257 e. The van der Waals surface area contributed by atoms with Gasteiger partial charge in [0.1, 0.15) is 5.52 Å². The van der Waals surface area contributed by atoms with Crippen molar-refractivity contribution in [2.75, 3.05) is 5.32 Å². The largest absolute Gasteiger partial charge is 0.392 e. The van der Waals surface area contributed by atoms with Crippen molar-refractivity contribution in [1.29, 1.82) is 0 Å². The van der Waals surface area contributed by atoms with Crippen LogP contribution in [0.15, 0.2) is 67.4 Å². The summed E-state index contributed by atoms with van der Waals surface area (Å²) in [5.41, 5.74) is 4.02. The number of nitrogens with zero attached hydrogens (tertiary/aromatic N) is 4. The Kier molecular flexibility index (Phi) is 4.59. The van der Waals surface area contributed by atoms with Gasteiger partial charge in [0, 0.05) is 29.8 Å². The minimum absolute atomic E-state index is 0.146. The van der Waals surface area contributed by atoms with E-state index in [1.54, 1.807) is 43.0 Å². The maximum atomic E-state index is 12.5. The third-order valence-corrected chi connectivity index (χ3v) is 4.23. The molecule has 1 amide bonds. The van der Waals surface area contributed by atoms with E-state index in [2.05, 4.69) is 20.3 Å². The Hall–Kier alpha value is -3.58. The molecule has 4 rings (SSSR count). The molecule has 27 heavy (non-hydrogen) atoms. The second-order valence-corrected chi connectivity index (χ2v) is 6.07. The van der Waals surface area contributed by atoms with Crippen LogP contribution < -0.4 is 5.32 Å². The molecule has 0 saturated heterocycles. The Morgan fingerprint density at radius 3 is 2.81 bits per heavy atom.